The maximum absolute atomic E-state index is 12.1. The Kier molecular flexibility index (Phi) is 5.78. The van der Waals surface area contributed by atoms with Gasteiger partial charge in [0.15, 0.2) is 0 Å². The van der Waals surface area contributed by atoms with Gasteiger partial charge in [-0.25, -0.2) is 0 Å². The van der Waals surface area contributed by atoms with Crippen LogP contribution in [0.4, 0.5) is 18.9 Å². The van der Waals surface area contributed by atoms with E-state index in [2.05, 4.69) is 10.1 Å². The molecule has 0 aliphatic heterocycles. The standard InChI is InChI=1S/C16H13F3N2O5/c17-16(18,19)26-13-7-3-11(4-8-13)15(23)20-9-14(22)10-1-5-12(6-2-10)21(24)25/h1-8,14,22H,9H2,(H,20,23). The minimum Gasteiger partial charge on any atom is -0.406 e. The molecule has 26 heavy (non-hydrogen) atoms. The van der Waals surface area contributed by atoms with Crippen molar-refractivity contribution in [2.75, 3.05) is 6.54 Å². The molecule has 0 aliphatic rings. The molecule has 0 fully saturated rings. The molecule has 0 saturated carbocycles. The average molecular weight is 370 g/mol. The SMILES string of the molecule is O=C(NCC(O)c1ccc([N+](=O)[O-])cc1)c1ccc(OC(F)(F)F)cc1. The molecule has 2 rings (SSSR count). The number of hydrogen-bond acceptors (Lipinski definition) is 5. The van der Waals surface area contributed by atoms with Gasteiger partial charge in [0, 0.05) is 24.2 Å². The lowest BCUT2D eigenvalue weighted by Gasteiger charge is -2.13. The number of hydrogen-bond donors (Lipinski definition) is 2. The van der Waals surface area contributed by atoms with Crippen LogP contribution in [0.15, 0.2) is 48.5 Å². The van der Waals surface area contributed by atoms with E-state index in [1.165, 1.54) is 24.3 Å². The number of nitro groups is 1. The van der Waals surface area contributed by atoms with Gasteiger partial charge in [-0.2, -0.15) is 0 Å². The van der Waals surface area contributed by atoms with Crippen molar-refractivity contribution in [2.45, 2.75) is 12.5 Å². The number of non-ortho nitro benzene ring substituents is 1. The van der Waals surface area contributed by atoms with Crippen LogP contribution in [-0.2, 0) is 0 Å². The number of amides is 1. The molecule has 0 radical (unpaired) electrons. The van der Waals surface area contributed by atoms with Gasteiger partial charge in [0.1, 0.15) is 5.75 Å². The smallest absolute Gasteiger partial charge is 0.406 e. The molecular weight excluding hydrogens is 357 g/mol. The molecular formula is C16H13F3N2O5. The highest BCUT2D eigenvalue weighted by Gasteiger charge is 2.31. The highest BCUT2D eigenvalue weighted by atomic mass is 19.4. The van der Waals surface area contributed by atoms with Crippen LogP contribution in [-0.4, -0.2) is 28.8 Å². The largest absolute Gasteiger partial charge is 0.573 e. The summed E-state index contributed by atoms with van der Waals surface area (Å²) < 4.78 is 39.9. The number of nitrogens with zero attached hydrogens (tertiary/aromatic N) is 1. The summed E-state index contributed by atoms with van der Waals surface area (Å²) >= 11 is 0. The van der Waals surface area contributed by atoms with Crippen molar-refractivity contribution in [3.8, 4) is 5.75 Å². The van der Waals surface area contributed by atoms with E-state index in [1.807, 2.05) is 0 Å². The number of alkyl halides is 3. The van der Waals surface area contributed by atoms with Crippen molar-refractivity contribution in [3.05, 3.63) is 69.8 Å². The molecule has 0 spiro atoms. The topological polar surface area (TPSA) is 102 Å². The Morgan fingerprint density at radius 3 is 2.23 bits per heavy atom. The molecule has 2 N–H and O–H groups in total. The molecule has 0 aromatic heterocycles. The zero-order valence-corrected chi connectivity index (χ0v) is 13.1. The van der Waals surface area contributed by atoms with E-state index < -0.39 is 29.0 Å². The van der Waals surface area contributed by atoms with E-state index in [0.29, 0.717) is 5.56 Å². The molecule has 7 nitrogen and oxygen atoms in total. The molecule has 1 atom stereocenters. The number of ether oxygens (including phenoxy) is 1. The average Bonchev–Trinajstić information content (AvgIpc) is 2.58. The van der Waals surface area contributed by atoms with Crippen molar-refractivity contribution in [2.24, 2.45) is 0 Å². The van der Waals surface area contributed by atoms with Crippen LogP contribution in [0.2, 0.25) is 0 Å². The maximum Gasteiger partial charge on any atom is 0.573 e. The van der Waals surface area contributed by atoms with E-state index >= 15 is 0 Å². The Hall–Kier alpha value is -3.14. The van der Waals surface area contributed by atoms with Gasteiger partial charge in [0.05, 0.1) is 11.0 Å². The van der Waals surface area contributed by atoms with Gasteiger partial charge in [0.2, 0.25) is 0 Å². The highest BCUT2D eigenvalue weighted by molar-refractivity contribution is 5.94. The summed E-state index contributed by atoms with van der Waals surface area (Å²) in [6.45, 7) is -0.183. The van der Waals surface area contributed by atoms with Crippen molar-refractivity contribution in [3.63, 3.8) is 0 Å². The van der Waals surface area contributed by atoms with Gasteiger partial charge < -0.3 is 15.2 Å². The third-order valence-corrected chi connectivity index (χ3v) is 3.29. The Morgan fingerprint density at radius 1 is 1.15 bits per heavy atom. The molecule has 0 bridgehead atoms. The lowest BCUT2D eigenvalue weighted by Crippen LogP contribution is -2.28. The molecule has 138 valence electrons. The first-order valence-electron chi connectivity index (χ1n) is 7.22. The van der Waals surface area contributed by atoms with E-state index in [0.717, 1.165) is 24.3 Å². The Morgan fingerprint density at radius 2 is 1.73 bits per heavy atom. The zero-order valence-electron chi connectivity index (χ0n) is 13.1. The molecule has 1 unspecified atom stereocenters. The van der Waals surface area contributed by atoms with E-state index in [9.17, 15) is 33.2 Å². The van der Waals surface area contributed by atoms with Crippen LogP contribution in [0.25, 0.3) is 0 Å². The summed E-state index contributed by atoms with van der Waals surface area (Å²) in [5.74, 6) is -1.07. The van der Waals surface area contributed by atoms with Crippen LogP contribution < -0.4 is 10.1 Å². The molecule has 0 saturated heterocycles. The quantitative estimate of drug-likeness (QED) is 0.601. The Bertz CT molecular complexity index is 776. The van der Waals surface area contributed by atoms with Crippen LogP contribution in [0.5, 0.6) is 5.75 Å². The summed E-state index contributed by atoms with van der Waals surface area (Å²) in [5, 5.41) is 23.0. The van der Waals surface area contributed by atoms with Gasteiger partial charge in [-0.05, 0) is 42.0 Å². The van der Waals surface area contributed by atoms with Gasteiger partial charge in [-0.1, -0.05) is 0 Å². The number of benzene rings is 2. The summed E-state index contributed by atoms with van der Waals surface area (Å²) in [5.41, 5.74) is 0.311. The molecule has 10 heteroatoms. The number of carbonyl (C=O) groups excluding carboxylic acids is 1. The summed E-state index contributed by atoms with van der Waals surface area (Å²) in [6, 6.07) is 9.45. The van der Waals surface area contributed by atoms with E-state index in [4.69, 9.17) is 0 Å². The van der Waals surface area contributed by atoms with Gasteiger partial charge in [0.25, 0.3) is 11.6 Å². The minimum atomic E-state index is -4.82. The second kappa shape index (κ2) is 7.83. The van der Waals surface area contributed by atoms with Crippen LogP contribution in [0.1, 0.15) is 22.0 Å². The fourth-order valence-corrected chi connectivity index (χ4v) is 2.04. The molecule has 0 heterocycles. The number of nitro benzene ring substituents is 1. The minimum absolute atomic E-state index is 0.0791. The fourth-order valence-electron chi connectivity index (χ4n) is 2.04. The highest BCUT2D eigenvalue weighted by Crippen LogP contribution is 2.23. The van der Waals surface area contributed by atoms with Gasteiger partial charge in [-0.3, -0.25) is 14.9 Å². The van der Waals surface area contributed by atoms with Crippen LogP contribution >= 0.6 is 0 Å². The van der Waals surface area contributed by atoms with Crippen LogP contribution in [0.3, 0.4) is 0 Å². The normalized spacial score (nSPS) is 12.3. The zero-order chi connectivity index (χ0) is 19.3. The third-order valence-electron chi connectivity index (χ3n) is 3.29. The van der Waals surface area contributed by atoms with Gasteiger partial charge >= 0.3 is 6.36 Å². The van der Waals surface area contributed by atoms with Crippen LogP contribution in [0, 0.1) is 10.1 Å². The lowest BCUT2D eigenvalue weighted by atomic mass is 10.1. The number of carbonyl (C=O) groups is 1. The molecule has 2 aromatic rings. The Balaban J connectivity index is 1.92. The van der Waals surface area contributed by atoms with E-state index in [-0.39, 0.29) is 17.8 Å². The molecule has 0 aliphatic carbocycles. The molecule has 2 aromatic carbocycles. The Labute approximate surface area is 145 Å². The van der Waals surface area contributed by atoms with Crippen molar-refractivity contribution >= 4 is 11.6 Å². The monoisotopic (exact) mass is 370 g/mol. The first kappa shape index (κ1) is 19.2. The predicted molar refractivity (Wildman–Crippen MR) is 83.5 cm³/mol. The van der Waals surface area contributed by atoms with Gasteiger partial charge in [-0.15, -0.1) is 13.2 Å². The fraction of sp³-hybridized carbons (Fsp3) is 0.188. The number of rotatable bonds is 6. The van der Waals surface area contributed by atoms with Crippen molar-refractivity contribution in [1.29, 1.82) is 0 Å². The summed E-state index contributed by atoms with van der Waals surface area (Å²) in [7, 11) is 0. The number of aliphatic hydroxyl groups is 1. The number of nitrogens with one attached hydrogen (secondary N) is 1. The summed E-state index contributed by atoms with van der Waals surface area (Å²) in [4.78, 5) is 21.9. The lowest BCUT2D eigenvalue weighted by molar-refractivity contribution is -0.384. The predicted octanol–water partition coefficient (Wildman–Crippen LogP) is 2.96. The third kappa shape index (κ3) is 5.45. The number of halogens is 3. The second-order valence-corrected chi connectivity index (χ2v) is 5.15. The first-order chi connectivity index (χ1) is 12.2. The summed E-state index contributed by atoms with van der Waals surface area (Å²) in [6.07, 6.45) is -5.92. The van der Waals surface area contributed by atoms with E-state index in [1.54, 1.807) is 0 Å². The maximum atomic E-state index is 12.1. The first-order valence-corrected chi connectivity index (χ1v) is 7.22. The molecule has 1 amide bonds. The second-order valence-electron chi connectivity index (χ2n) is 5.15. The number of aliphatic hydroxyl groups excluding tert-OH is 1. The van der Waals surface area contributed by atoms with Crippen molar-refractivity contribution < 1.29 is 32.7 Å². The van der Waals surface area contributed by atoms with Crippen molar-refractivity contribution in [1.82, 2.24) is 5.32 Å².